The molecular formula is C35H26BrN3O6S2. The highest BCUT2D eigenvalue weighted by atomic mass is 79.9. The van der Waals surface area contributed by atoms with E-state index in [-0.39, 0.29) is 23.9 Å². The third-order valence-corrected chi connectivity index (χ3v) is 11.4. The normalized spacial score (nSPS) is 18.6. The van der Waals surface area contributed by atoms with Crippen LogP contribution in [0.5, 0.6) is 0 Å². The van der Waals surface area contributed by atoms with Crippen LogP contribution in [0.1, 0.15) is 33.6 Å². The van der Waals surface area contributed by atoms with Gasteiger partial charge in [0.15, 0.2) is 0 Å². The van der Waals surface area contributed by atoms with E-state index in [4.69, 9.17) is 4.74 Å². The second-order valence-corrected chi connectivity index (χ2v) is 14.1. The van der Waals surface area contributed by atoms with Crippen LogP contribution >= 0.6 is 39.0 Å². The van der Waals surface area contributed by atoms with Crippen LogP contribution in [0, 0.1) is 5.92 Å². The number of ether oxygens (including phenoxy) is 1. The van der Waals surface area contributed by atoms with Gasteiger partial charge in [0, 0.05) is 26.3 Å². The summed E-state index contributed by atoms with van der Waals surface area (Å²) in [6, 6.07) is 26.9. The van der Waals surface area contributed by atoms with Crippen molar-refractivity contribution in [3.05, 3.63) is 121 Å². The molecule has 0 saturated carbocycles. The predicted molar refractivity (Wildman–Crippen MR) is 185 cm³/mol. The molecule has 3 heterocycles. The number of fused-ring (bicyclic) bond motifs is 3. The summed E-state index contributed by atoms with van der Waals surface area (Å²) in [6.45, 7) is 1.68. The van der Waals surface area contributed by atoms with Crippen molar-refractivity contribution in [1.29, 1.82) is 0 Å². The fourth-order valence-electron chi connectivity index (χ4n) is 6.17. The van der Waals surface area contributed by atoms with Crippen molar-refractivity contribution in [2.24, 2.45) is 5.92 Å². The van der Waals surface area contributed by atoms with Gasteiger partial charge in [-0.1, -0.05) is 87.6 Å². The van der Waals surface area contributed by atoms with E-state index < -0.39 is 34.9 Å². The van der Waals surface area contributed by atoms with Gasteiger partial charge in [-0.05, 0) is 60.3 Å². The van der Waals surface area contributed by atoms with Gasteiger partial charge in [-0.15, -0.1) is 0 Å². The second kappa shape index (κ2) is 12.6. The summed E-state index contributed by atoms with van der Waals surface area (Å²) in [7, 11) is 0. The van der Waals surface area contributed by atoms with Crippen LogP contribution in [0.15, 0.2) is 105 Å². The number of aromatic nitrogens is 1. The van der Waals surface area contributed by atoms with Crippen molar-refractivity contribution < 1.29 is 23.9 Å². The van der Waals surface area contributed by atoms with Gasteiger partial charge in [0.25, 0.3) is 0 Å². The summed E-state index contributed by atoms with van der Waals surface area (Å²) in [5.74, 6) is -3.08. The first-order chi connectivity index (χ1) is 22.7. The van der Waals surface area contributed by atoms with E-state index in [1.165, 1.54) is 16.7 Å². The highest BCUT2D eigenvalue weighted by Crippen LogP contribution is 2.54. The highest BCUT2D eigenvalue weighted by molar-refractivity contribution is 9.10. The number of hydrogen-bond acceptors (Lipinski definition) is 8. The molecular weight excluding hydrogens is 702 g/mol. The number of nitrogens with zero attached hydrogens (tertiary/aromatic N) is 2. The maximum Gasteiger partial charge on any atom is 0.338 e. The Balaban J connectivity index is 1.24. The Bertz CT molecular complexity index is 2120. The maximum absolute atomic E-state index is 14.2. The lowest BCUT2D eigenvalue weighted by Crippen LogP contribution is -2.33. The van der Waals surface area contributed by atoms with E-state index in [0.29, 0.717) is 26.8 Å². The number of benzene rings is 4. The zero-order valence-electron chi connectivity index (χ0n) is 24.8. The molecule has 3 atom stereocenters. The zero-order valence-corrected chi connectivity index (χ0v) is 28.1. The average molecular weight is 729 g/mol. The quantitative estimate of drug-likeness (QED) is 0.152. The summed E-state index contributed by atoms with van der Waals surface area (Å²) in [5, 5.41) is 4.46. The van der Waals surface area contributed by atoms with Gasteiger partial charge >= 0.3 is 10.8 Å². The number of imide groups is 1. The van der Waals surface area contributed by atoms with Crippen LogP contribution in [0.4, 0.5) is 11.4 Å². The Kier molecular flexibility index (Phi) is 8.33. The highest BCUT2D eigenvalue weighted by Gasteiger charge is 2.56. The van der Waals surface area contributed by atoms with E-state index in [2.05, 4.69) is 21.2 Å². The first-order valence-corrected chi connectivity index (χ1v) is 17.3. The van der Waals surface area contributed by atoms with E-state index in [1.807, 2.05) is 66.7 Å². The molecule has 236 valence electrons. The van der Waals surface area contributed by atoms with Crippen LogP contribution in [-0.4, -0.2) is 40.1 Å². The van der Waals surface area contributed by atoms with E-state index >= 15 is 0 Å². The summed E-state index contributed by atoms with van der Waals surface area (Å²) in [5.41, 5.74) is 2.06. The van der Waals surface area contributed by atoms with Gasteiger partial charge in [-0.25, -0.2) is 9.69 Å². The van der Waals surface area contributed by atoms with Crippen LogP contribution in [-0.2, 0) is 25.7 Å². The molecule has 9 nitrogen and oxygen atoms in total. The number of amides is 3. The minimum Gasteiger partial charge on any atom is -0.462 e. The Morgan fingerprint density at radius 1 is 0.894 bits per heavy atom. The lowest BCUT2D eigenvalue weighted by molar-refractivity contribution is -0.122. The van der Waals surface area contributed by atoms with E-state index in [0.717, 1.165) is 48.8 Å². The fraction of sp³-hybridized carbons (Fsp3) is 0.171. The molecule has 2 aliphatic rings. The molecule has 3 amide bonds. The summed E-state index contributed by atoms with van der Waals surface area (Å²) in [6.07, 6.45) is 0. The minimum atomic E-state index is -0.838. The van der Waals surface area contributed by atoms with Crippen molar-refractivity contribution in [3.8, 4) is 0 Å². The number of thiazole rings is 1. The average Bonchev–Trinajstić information content (AvgIpc) is 3.51. The molecule has 2 aliphatic heterocycles. The van der Waals surface area contributed by atoms with E-state index in [1.54, 1.807) is 19.1 Å². The van der Waals surface area contributed by atoms with Crippen molar-refractivity contribution in [1.82, 2.24) is 4.57 Å². The molecule has 1 N–H and O–H groups in total. The lowest BCUT2D eigenvalue weighted by atomic mass is 9.83. The van der Waals surface area contributed by atoms with Crippen LogP contribution < -0.4 is 15.1 Å². The van der Waals surface area contributed by atoms with Gasteiger partial charge in [0.05, 0.1) is 28.8 Å². The third kappa shape index (κ3) is 5.60. The monoisotopic (exact) mass is 727 g/mol. The van der Waals surface area contributed by atoms with Crippen LogP contribution in [0.25, 0.3) is 10.8 Å². The SMILES string of the molecule is CCOC(=O)c1ccc(N2C(=O)C3Sc4c(sc(=O)n4CC(=O)Nc4cccc5ccccc45)C(c4ccc(Br)cc4)C3C2=O)cc1. The van der Waals surface area contributed by atoms with Crippen LogP contribution in [0.3, 0.4) is 0 Å². The summed E-state index contributed by atoms with van der Waals surface area (Å²) < 4.78 is 7.31. The van der Waals surface area contributed by atoms with Gasteiger partial charge in [0.1, 0.15) is 11.8 Å². The summed E-state index contributed by atoms with van der Waals surface area (Å²) >= 11 is 5.61. The maximum atomic E-state index is 14.2. The number of carbonyl (C=O) groups excluding carboxylic acids is 4. The Labute approximate surface area is 285 Å². The third-order valence-electron chi connectivity index (χ3n) is 8.28. The molecule has 0 aliphatic carbocycles. The molecule has 47 heavy (non-hydrogen) atoms. The smallest absolute Gasteiger partial charge is 0.338 e. The van der Waals surface area contributed by atoms with Crippen molar-refractivity contribution in [3.63, 3.8) is 0 Å². The van der Waals surface area contributed by atoms with Gasteiger partial charge < -0.3 is 10.1 Å². The molecule has 4 aromatic carbocycles. The fourth-order valence-corrected chi connectivity index (χ4v) is 9.21. The predicted octanol–water partition coefficient (Wildman–Crippen LogP) is 6.44. The number of esters is 1. The molecule has 1 aromatic heterocycles. The van der Waals surface area contributed by atoms with E-state index in [9.17, 15) is 24.0 Å². The minimum absolute atomic E-state index is 0.224. The molecule has 0 bridgehead atoms. The van der Waals surface area contributed by atoms with Gasteiger partial charge in [-0.2, -0.15) is 0 Å². The number of anilines is 2. The standard InChI is InChI=1S/C35H26BrN3O6S2/c1-2-45-34(43)21-12-16-23(17-13-21)39-31(41)28-27(20-10-14-22(36)15-11-20)30-33(46-29(28)32(39)42)38(35(44)47-30)18-26(40)37-25-9-5-7-19-6-3-4-8-24(19)25/h3-17,27-29H,2,18H2,1H3,(H,37,40). The number of hydrogen-bond donors (Lipinski definition) is 1. The summed E-state index contributed by atoms with van der Waals surface area (Å²) in [4.78, 5) is 68.8. The Morgan fingerprint density at radius 3 is 2.36 bits per heavy atom. The number of rotatable bonds is 7. The van der Waals surface area contributed by atoms with Crippen LogP contribution in [0.2, 0.25) is 0 Å². The molecule has 0 radical (unpaired) electrons. The molecule has 1 saturated heterocycles. The zero-order chi connectivity index (χ0) is 32.8. The first kappa shape index (κ1) is 31.1. The number of carbonyl (C=O) groups is 4. The molecule has 5 aromatic rings. The van der Waals surface area contributed by atoms with Gasteiger partial charge in [-0.3, -0.25) is 23.7 Å². The Hall–Kier alpha value is -4.52. The number of nitrogens with one attached hydrogen (secondary N) is 1. The number of halogens is 1. The Morgan fingerprint density at radius 2 is 1.62 bits per heavy atom. The molecule has 12 heteroatoms. The van der Waals surface area contributed by atoms with Crippen molar-refractivity contribution in [2.45, 2.75) is 29.7 Å². The number of thioether (sulfide) groups is 1. The second-order valence-electron chi connectivity index (χ2n) is 11.1. The topological polar surface area (TPSA) is 115 Å². The van der Waals surface area contributed by atoms with Gasteiger partial charge in [0.2, 0.25) is 17.7 Å². The molecule has 1 fully saturated rings. The first-order valence-electron chi connectivity index (χ1n) is 14.8. The largest absolute Gasteiger partial charge is 0.462 e. The lowest BCUT2D eigenvalue weighted by Gasteiger charge is -2.30. The molecule has 0 spiro atoms. The molecule has 3 unspecified atom stereocenters. The van der Waals surface area contributed by atoms with Crippen molar-refractivity contribution >= 4 is 84.9 Å². The molecule has 7 rings (SSSR count). The van der Waals surface area contributed by atoms with Crippen molar-refractivity contribution in [2.75, 3.05) is 16.8 Å².